The van der Waals surface area contributed by atoms with Crippen LogP contribution in [0.25, 0.3) is 110 Å². The Labute approximate surface area is 345 Å². The Morgan fingerprint density at radius 3 is 1.85 bits per heavy atom. The first-order chi connectivity index (χ1) is 29.0. The minimum absolute atomic E-state index is 0.0878. The van der Waals surface area contributed by atoms with Crippen molar-refractivity contribution in [2.45, 2.75) is 19.3 Å². The third-order valence-electron chi connectivity index (χ3n) is 12.2. The molecular formula is C54H35N3OS. The van der Waals surface area contributed by atoms with Gasteiger partial charge in [-0.2, -0.15) is 0 Å². The first-order valence-corrected chi connectivity index (χ1v) is 20.8. The Morgan fingerprint density at radius 2 is 0.983 bits per heavy atom. The molecule has 0 saturated heterocycles. The van der Waals surface area contributed by atoms with Crippen LogP contribution in [0.2, 0.25) is 0 Å². The van der Waals surface area contributed by atoms with E-state index < -0.39 is 0 Å². The Morgan fingerprint density at radius 1 is 0.390 bits per heavy atom. The zero-order valence-corrected chi connectivity index (χ0v) is 33.2. The summed E-state index contributed by atoms with van der Waals surface area (Å²) < 4.78 is 8.99. The Hall–Kier alpha value is -7.21. The van der Waals surface area contributed by atoms with Crippen molar-refractivity contribution < 1.29 is 4.42 Å². The molecule has 12 rings (SSSR count). The third-order valence-corrected chi connectivity index (χ3v) is 13.3. The summed E-state index contributed by atoms with van der Waals surface area (Å²) in [5.74, 6) is 1.92. The van der Waals surface area contributed by atoms with Crippen molar-refractivity contribution in [1.29, 1.82) is 0 Å². The SMILES string of the molecule is CC1(C)c2ccccc2-c2cc(-c3nc(-c4cccc(-c5ccc6c(c5)oc5cccc(-c7ccccc7)c56)c4)nc(-c4ccc5c(c4)sc4ccccc45)n3)ccc21. The highest BCUT2D eigenvalue weighted by atomic mass is 32.1. The fraction of sp³-hybridized carbons (Fsp3) is 0.0556. The van der Waals surface area contributed by atoms with E-state index in [0.717, 1.165) is 49.8 Å². The molecule has 5 heteroatoms. The summed E-state index contributed by atoms with van der Waals surface area (Å²) in [6.07, 6.45) is 0. The summed E-state index contributed by atoms with van der Waals surface area (Å²) >= 11 is 1.80. The van der Waals surface area contributed by atoms with Gasteiger partial charge in [-0.1, -0.05) is 147 Å². The zero-order chi connectivity index (χ0) is 39.2. The number of hydrogen-bond acceptors (Lipinski definition) is 5. The Bertz CT molecular complexity index is 3490. The van der Waals surface area contributed by atoms with Crippen molar-refractivity contribution in [2.24, 2.45) is 0 Å². The lowest BCUT2D eigenvalue weighted by atomic mass is 9.82. The van der Waals surface area contributed by atoms with Crippen molar-refractivity contribution in [1.82, 2.24) is 15.0 Å². The lowest BCUT2D eigenvalue weighted by molar-refractivity contribution is 0.660. The van der Waals surface area contributed by atoms with Crippen LogP contribution in [0.1, 0.15) is 25.0 Å². The summed E-state index contributed by atoms with van der Waals surface area (Å²) in [6.45, 7) is 4.61. The molecule has 3 heterocycles. The molecule has 0 amide bonds. The van der Waals surface area contributed by atoms with Crippen molar-refractivity contribution in [3.63, 3.8) is 0 Å². The molecule has 11 aromatic rings. The number of furan rings is 1. The van der Waals surface area contributed by atoms with Gasteiger partial charge < -0.3 is 4.42 Å². The molecule has 0 unspecified atom stereocenters. The maximum atomic E-state index is 6.51. The Balaban J connectivity index is 0.997. The number of aromatic nitrogens is 3. The third kappa shape index (κ3) is 5.39. The molecule has 0 saturated carbocycles. The van der Waals surface area contributed by atoms with E-state index >= 15 is 0 Å². The van der Waals surface area contributed by atoms with Gasteiger partial charge in [-0.25, -0.2) is 15.0 Å². The molecule has 59 heavy (non-hydrogen) atoms. The van der Waals surface area contributed by atoms with E-state index in [0.29, 0.717) is 17.5 Å². The van der Waals surface area contributed by atoms with Gasteiger partial charge in [0, 0.05) is 53.1 Å². The van der Waals surface area contributed by atoms with Gasteiger partial charge in [-0.05, 0) is 87.0 Å². The van der Waals surface area contributed by atoms with E-state index in [9.17, 15) is 0 Å². The van der Waals surface area contributed by atoms with Crippen LogP contribution in [-0.4, -0.2) is 15.0 Å². The number of fused-ring (bicyclic) bond motifs is 9. The number of thiophene rings is 1. The average Bonchev–Trinajstić information content (AvgIpc) is 3.93. The second-order valence-corrected chi connectivity index (χ2v) is 17.1. The van der Waals surface area contributed by atoms with Crippen LogP contribution >= 0.6 is 11.3 Å². The monoisotopic (exact) mass is 773 g/mol. The van der Waals surface area contributed by atoms with Crippen molar-refractivity contribution >= 4 is 53.4 Å². The highest BCUT2D eigenvalue weighted by Crippen LogP contribution is 2.49. The highest BCUT2D eigenvalue weighted by Gasteiger charge is 2.35. The molecular weight excluding hydrogens is 739 g/mol. The molecule has 1 aliphatic rings. The van der Waals surface area contributed by atoms with Crippen molar-refractivity contribution in [2.75, 3.05) is 0 Å². The minimum Gasteiger partial charge on any atom is -0.456 e. The first kappa shape index (κ1) is 33.9. The number of rotatable bonds is 5. The summed E-state index contributed by atoms with van der Waals surface area (Å²) in [5.41, 5.74) is 14.1. The lowest BCUT2D eigenvalue weighted by Gasteiger charge is -2.21. The maximum absolute atomic E-state index is 6.51. The van der Waals surface area contributed by atoms with Crippen molar-refractivity contribution in [3.05, 3.63) is 187 Å². The molecule has 0 N–H and O–H groups in total. The summed E-state index contributed by atoms with van der Waals surface area (Å²) in [5, 5.41) is 4.75. The number of benzene rings is 8. The summed E-state index contributed by atoms with van der Waals surface area (Å²) in [7, 11) is 0. The van der Waals surface area contributed by atoms with Crippen LogP contribution in [0.5, 0.6) is 0 Å². The molecule has 0 atom stereocenters. The smallest absolute Gasteiger partial charge is 0.164 e. The first-order valence-electron chi connectivity index (χ1n) is 20.0. The van der Waals surface area contributed by atoms with E-state index in [1.165, 1.54) is 53.6 Å². The van der Waals surface area contributed by atoms with Crippen LogP contribution in [-0.2, 0) is 5.41 Å². The standard InChI is InChI=1S/C54H35N3OS/c1-54(2)44-19-8-6-16-39(44)43-29-36(24-27-45(43)54)52-55-51(56-53(57-52)37-23-25-41-40-17-7-9-21-48(40)59-49(41)31-37)35-15-10-14-33(28-35)34-22-26-42-47(30-34)58-46-20-11-18-38(50(42)46)32-12-4-3-5-13-32/h3-31H,1-2H3. The van der Waals surface area contributed by atoms with Gasteiger partial charge in [-0.3, -0.25) is 0 Å². The van der Waals surface area contributed by atoms with Gasteiger partial charge in [0.2, 0.25) is 0 Å². The molecule has 3 aromatic heterocycles. The van der Waals surface area contributed by atoms with Crippen LogP contribution in [0.15, 0.2) is 180 Å². The van der Waals surface area contributed by atoms with E-state index in [4.69, 9.17) is 19.4 Å². The topological polar surface area (TPSA) is 51.8 Å². The summed E-state index contributed by atoms with van der Waals surface area (Å²) in [4.78, 5) is 15.6. The maximum Gasteiger partial charge on any atom is 0.164 e. The molecule has 278 valence electrons. The van der Waals surface area contributed by atoms with E-state index in [1.54, 1.807) is 11.3 Å². The van der Waals surface area contributed by atoms with Crippen molar-refractivity contribution in [3.8, 4) is 67.5 Å². The molecule has 8 aromatic carbocycles. The highest BCUT2D eigenvalue weighted by molar-refractivity contribution is 7.25. The molecule has 1 aliphatic carbocycles. The van der Waals surface area contributed by atoms with Gasteiger partial charge in [0.1, 0.15) is 11.2 Å². The van der Waals surface area contributed by atoms with Crippen LogP contribution in [0.3, 0.4) is 0 Å². The Kier molecular flexibility index (Phi) is 7.41. The van der Waals surface area contributed by atoms with E-state index in [-0.39, 0.29) is 5.41 Å². The normalized spacial score (nSPS) is 13.1. The molecule has 0 aliphatic heterocycles. The zero-order valence-electron chi connectivity index (χ0n) is 32.4. The van der Waals surface area contributed by atoms with Gasteiger partial charge >= 0.3 is 0 Å². The molecule has 4 nitrogen and oxygen atoms in total. The second-order valence-electron chi connectivity index (χ2n) is 16.0. The molecule has 0 radical (unpaired) electrons. The summed E-state index contributed by atoms with van der Waals surface area (Å²) in [6, 6.07) is 62.4. The quantitative estimate of drug-likeness (QED) is 0.175. The van der Waals surface area contributed by atoms with Crippen LogP contribution in [0, 0.1) is 0 Å². The van der Waals surface area contributed by atoms with Gasteiger partial charge in [-0.15, -0.1) is 11.3 Å². The average molecular weight is 774 g/mol. The van der Waals surface area contributed by atoms with Crippen LogP contribution < -0.4 is 0 Å². The molecule has 0 bridgehead atoms. The van der Waals surface area contributed by atoms with Crippen LogP contribution in [0.4, 0.5) is 0 Å². The van der Waals surface area contributed by atoms with E-state index in [2.05, 4.69) is 184 Å². The second kappa shape index (κ2) is 12.9. The number of nitrogens with zero attached hydrogens (tertiary/aromatic N) is 3. The number of hydrogen-bond donors (Lipinski definition) is 0. The van der Waals surface area contributed by atoms with Gasteiger partial charge in [0.15, 0.2) is 17.5 Å². The van der Waals surface area contributed by atoms with Gasteiger partial charge in [0.25, 0.3) is 0 Å². The fourth-order valence-corrected chi connectivity index (χ4v) is 10.3. The fourth-order valence-electron chi connectivity index (χ4n) is 9.19. The predicted molar refractivity (Wildman–Crippen MR) is 245 cm³/mol. The molecule has 0 spiro atoms. The van der Waals surface area contributed by atoms with E-state index in [1.807, 2.05) is 6.07 Å². The largest absolute Gasteiger partial charge is 0.456 e. The lowest BCUT2D eigenvalue weighted by Crippen LogP contribution is -2.14. The van der Waals surface area contributed by atoms with Gasteiger partial charge in [0.05, 0.1) is 0 Å². The minimum atomic E-state index is -0.0878. The molecule has 0 fully saturated rings. The predicted octanol–water partition coefficient (Wildman–Crippen LogP) is 14.8.